The lowest BCUT2D eigenvalue weighted by Gasteiger charge is -2.25. The van der Waals surface area contributed by atoms with E-state index in [0.29, 0.717) is 0 Å². The molecule has 1 aromatic rings. The normalized spacial score (nSPS) is 27.2. The number of hydrogen-bond acceptors (Lipinski definition) is 1. The van der Waals surface area contributed by atoms with Crippen molar-refractivity contribution in [2.45, 2.75) is 63.8 Å². The van der Waals surface area contributed by atoms with Crippen molar-refractivity contribution in [2.75, 3.05) is 6.54 Å². The lowest BCUT2D eigenvalue weighted by Crippen LogP contribution is -2.29. The van der Waals surface area contributed by atoms with Crippen LogP contribution in [0.3, 0.4) is 0 Å². The summed E-state index contributed by atoms with van der Waals surface area (Å²) in [5, 5.41) is 3.78. The molecule has 20 heavy (non-hydrogen) atoms. The summed E-state index contributed by atoms with van der Waals surface area (Å²) in [6, 6.07) is 11.9. The summed E-state index contributed by atoms with van der Waals surface area (Å²) in [6.45, 7) is 1.28. The zero-order chi connectivity index (χ0) is 13.6. The molecule has 0 aliphatic heterocycles. The van der Waals surface area contributed by atoms with Gasteiger partial charge >= 0.3 is 0 Å². The minimum Gasteiger partial charge on any atom is -0.314 e. The minimum absolute atomic E-state index is 0.869. The van der Waals surface area contributed by atoms with E-state index in [1.165, 1.54) is 69.9 Å². The Hall–Kier alpha value is -0.820. The number of hydrogen-bond donors (Lipinski definition) is 1. The Morgan fingerprint density at radius 1 is 0.850 bits per heavy atom. The van der Waals surface area contributed by atoms with Crippen molar-refractivity contribution < 1.29 is 0 Å². The van der Waals surface area contributed by atoms with Crippen LogP contribution in [-0.4, -0.2) is 12.6 Å². The predicted octanol–water partition coefficient (Wildman–Crippen LogP) is 4.57. The molecule has 2 fully saturated rings. The van der Waals surface area contributed by atoms with Gasteiger partial charge in [-0.25, -0.2) is 0 Å². The second-order valence-electron chi connectivity index (χ2n) is 6.86. The van der Waals surface area contributed by atoms with Crippen LogP contribution in [0.5, 0.6) is 0 Å². The molecule has 2 saturated carbocycles. The minimum atomic E-state index is 0.869. The van der Waals surface area contributed by atoms with E-state index in [1.807, 2.05) is 0 Å². The standard InChI is InChI=1S/C19H29N/c1-3-7-16(8-4-1)11-12-17-9-5-2-6-10-18(17)15-20-19-13-14-19/h1,3-4,7-8,17-20H,2,5-6,9-15H2. The third kappa shape index (κ3) is 4.34. The van der Waals surface area contributed by atoms with Gasteiger partial charge in [0, 0.05) is 6.04 Å². The molecule has 0 saturated heterocycles. The van der Waals surface area contributed by atoms with E-state index in [2.05, 4.69) is 35.6 Å². The third-order valence-corrected chi connectivity index (χ3v) is 5.21. The van der Waals surface area contributed by atoms with Crippen LogP contribution in [0.15, 0.2) is 30.3 Å². The molecule has 3 rings (SSSR count). The molecule has 2 atom stereocenters. The monoisotopic (exact) mass is 271 g/mol. The van der Waals surface area contributed by atoms with Crippen LogP contribution in [0.4, 0.5) is 0 Å². The molecule has 0 amide bonds. The van der Waals surface area contributed by atoms with Crippen LogP contribution in [0.2, 0.25) is 0 Å². The number of benzene rings is 1. The highest BCUT2D eigenvalue weighted by Gasteiger charge is 2.26. The Kier molecular flexibility index (Phi) is 5.13. The average molecular weight is 271 g/mol. The zero-order valence-electron chi connectivity index (χ0n) is 12.7. The van der Waals surface area contributed by atoms with Gasteiger partial charge < -0.3 is 5.32 Å². The Bertz CT molecular complexity index is 382. The summed E-state index contributed by atoms with van der Waals surface area (Å²) in [6.07, 6.45) is 12.8. The summed E-state index contributed by atoms with van der Waals surface area (Å²) in [4.78, 5) is 0. The predicted molar refractivity (Wildman–Crippen MR) is 85.9 cm³/mol. The van der Waals surface area contributed by atoms with Crippen molar-refractivity contribution in [3.8, 4) is 0 Å². The fourth-order valence-corrected chi connectivity index (χ4v) is 3.71. The average Bonchev–Trinajstić information content (AvgIpc) is 3.31. The second-order valence-corrected chi connectivity index (χ2v) is 6.86. The van der Waals surface area contributed by atoms with Gasteiger partial charge in [0.25, 0.3) is 0 Å². The van der Waals surface area contributed by atoms with Crippen LogP contribution < -0.4 is 5.32 Å². The summed E-state index contributed by atoms with van der Waals surface area (Å²) in [5.74, 6) is 1.88. The number of rotatable bonds is 6. The quantitative estimate of drug-likeness (QED) is 0.747. The summed E-state index contributed by atoms with van der Waals surface area (Å²) >= 11 is 0. The molecular formula is C19H29N. The molecule has 0 heterocycles. The van der Waals surface area contributed by atoms with E-state index in [0.717, 1.165) is 17.9 Å². The first-order chi connectivity index (χ1) is 9.92. The van der Waals surface area contributed by atoms with Gasteiger partial charge in [0.15, 0.2) is 0 Å². The molecule has 110 valence electrons. The highest BCUT2D eigenvalue weighted by molar-refractivity contribution is 5.14. The first kappa shape index (κ1) is 14.1. The van der Waals surface area contributed by atoms with Gasteiger partial charge in [0.05, 0.1) is 0 Å². The molecule has 2 aliphatic carbocycles. The topological polar surface area (TPSA) is 12.0 Å². The van der Waals surface area contributed by atoms with Gasteiger partial charge in [-0.15, -0.1) is 0 Å². The van der Waals surface area contributed by atoms with E-state index in [1.54, 1.807) is 0 Å². The molecule has 0 bridgehead atoms. The molecule has 1 N–H and O–H groups in total. The van der Waals surface area contributed by atoms with Gasteiger partial charge in [-0.2, -0.15) is 0 Å². The van der Waals surface area contributed by atoms with Crippen LogP contribution >= 0.6 is 0 Å². The van der Waals surface area contributed by atoms with Gasteiger partial charge in [-0.3, -0.25) is 0 Å². The third-order valence-electron chi connectivity index (χ3n) is 5.21. The lowest BCUT2D eigenvalue weighted by molar-refractivity contribution is 0.283. The maximum Gasteiger partial charge on any atom is 0.00683 e. The molecule has 0 aromatic heterocycles. The molecule has 1 nitrogen and oxygen atoms in total. The van der Waals surface area contributed by atoms with Crippen LogP contribution in [0, 0.1) is 11.8 Å². The molecule has 1 aromatic carbocycles. The lowest BCUT2D eigenvalue weighted by atomic mass is 9.83. The first-order valence-electron chi connectivity index (χ1n) is 8.69. The van der Waals surface area contributed by atoms with E-state index in [9.17, 15) is 0 Å². The van der Waals surface area contributed by atoms with E-state index < -0.39 is 0 Å². The summed E-state index contributed by atoms with van der Waals surface area (Å²) in [7, 11) is 0. The Balaban J connectivity index is 1.52. The van der Waals surface area contributed by atoms with Crippen molar-refractivity contribution >= 4 is 0 Å². The highest BCUT2D eigenvalue weighted by Crippen LogP contribution is 2.32. The zero-order valence-corrected chi connectivity index (χ0v) is 12.7. The Morgan fingerprint density at radius 2 is 1.60 bits per heavy atom. The van der Waals surface area contributed by atoms with Crippen molar-refractivity contribution in [3.63, 3.8) is 0 Å². The maximum absolute atomic E-state index is 3.78. The van der Waals surface area contributed by atoms with Gasteiger partial charge in [-0.05, 0) is 56.0 Å². The molecular weight excluding hydrogens is 242 g/mol. The van der Waals surface area contributed by atoms with Crippen LogP contribution in [-0.2, 0) is 6.42 Å². The molecule has 1 heteroatoms. The van der Waals surface area contributed by atoms with Crippen molar-refractivity contribution in [1.29, 1.82) is 0 Å². The molecule has 0 radical (unpaired) electrons. The first-order valence-corrected chi connectivity index (χ1v) is 8.69. The van der Waals surface area contributed by atoms with E-state index in [-0.39, 0.29) is 0 Å². The SMILES string of the molecule is c1ccc(CCC2CCCCCC2CNC2CC2)cc1. The molecule has 2 unspecified atom stereocenters. The maximum atomic E-state index is 3.78. The Morgan fingerprint density at radius 3 is 2.35 bits per heavy atom. The second kappa shape index (κ2) is 7.26. The van der Waals surface area contributed by atoms with Gasteiger partial charge in [-0.1, -0.05) is 56.0 Å². The summed E-state index contributed by atoms with van der Waals surface area (Å²) < 4.78 is 0. The van der Waals surface area contributed by atoms with E-state index in [4.69, 9.17) is 0 Å². The van der Waals surface area contributed by atoms with Gasteiger partial charge in [0.2, 0.25) is 0 Å². The fourth-order valence-electron chi connectivity index (χ4n) is 3.71. The van der Waals surface area contributed by atoms with Crippen LogP contribution in [0.1, 0.15) is 56.9 Å². The largest absolute Gasteiger partial charge is 0.314 e. The van der Waals surface area contributed by atoms with Crippen molar-refractivity contribution in [3.05, 3.63) is 35.9 Å². The summed E-state index contributed by atoms with van der Waals surface area (Å²) in [5.41, 5.74) is 1.52. The molecule has 0 spiro atoms. The fraction of sp³-hybridized carbons (Fsp3) is 0.684. The van der Waals surface area contributed by atoms with Crippen molar-refractivity contribution in [1.82, 2.24) is 5.32 Å². The van der Waals surface area contributed by atoms with E-state index >= 15 is 0 Å². The van der Waals surface area contributed by atoms with Crippen molar-refractivity contribution in [2.24, 2.45) is 11.8 Å². The number of aryl methyl sites for hydroxylation is 1. The highest BCUT2D eigenvalue weighted by atomic mass is 14.9. The number of nitrogens with one attached hydrogen (secondary N) is 1. The molecule has 2 aliphatic rings. The van der Waals surface area contributed by atoms with Gasteiger partial charge in [0.1, 0.15) is 0 Å². The Labute approximate surface area is 124 Å². The van der Waals surface area contributed by atoms with Crippen LogP contribution in [0.25, 0.3) is 0 Å². The smallest absolute Gasteiger partial charge is 0.00683 e.